The number of hydrogen-bond donors (Lipinski definition) is 1. The molecule has 19 heavy (non-hydrogen) atoms. The van der Waals surface area contributed by atoms with Crippen molar-refractivity contribution < 1.29 is 9.84 Å². The molecule has 0 heterocycles. The summed E-state index contributed by atoms with van der Waals surface area (Å²) < 4.78 is 5.15. The lowest BCUT2D eigenvalue weighted by Gasteiger charge is -2.35. The first-order valence-corrected chi connectivity index (χ1v) is 6.96. The molecule has 0 amide bonds. The summed E-state index contributed by atoms with van der Waals surface area (Å²) in [5.41, 5.74) is 2.19. The maximum absolute atomic E-state index is 10.5. The fourth-order valence-electron chi connectivity index (χ4n) is 2.35. The Morgan fingerprint density at radius 2 is 1.74 bits per heavy atom. The van der Waals surface area contributed by atoms with Crippen LogP contribution in [0.25, 0.3) is 0 Å². The molecule has 0 aliphatic rings. The first-order chi connectivity index (χ1) is 8.97. The standard InChI is InChI=1S/C16H27NO2/c1-12(2)17(10-11-19-5)14(4)16(18)15-8-6-13(3)7-9-15/h6-9,12,14,16,18H,10-11H2,1-5H3. The second kappa shape index (κ2) is 7.63. The van der Waals surface area contributed by atoms with Gasteiger partial charge < -0.3 is 9.84 Å². The number of aliphatic hydroxyl groups is 1. The van der Waals surface area contributed by atoms with Crippen molar-refractivity contribution in [1.29, 1.82) is 0 Å². The lowest BCUT2D eigenvalue weighted by atomic mass is 10.00. The molecule has 1 aromatic carbocycles. The summed E-state index contributed by atoms with van der Waals surface area (Å²) in [6, 6.07) is 8.54. The topological polar surface area (TPSA) is 32.7 Å². The number of benzene rings is 1. The quantitative estimate of drug-likeness (QED) is 0.823. The van der Waals surface area contributed by atoms with Gasteiger partial charge in [0.15, 0.2) is 0 Å². The van der Waals surface area contributed by atoms with Gasteiger partial charge in [0, 0.05) is 25.7 Å². The van der Waals surface area contributed by atoms with Crippen LogP contribution in [0.5, 0.6) is 0 Å². The minimum atomic E-state index is -0.472. The van der Waals surface area contributed by atoms with Gasteiger partial charge in [0.05, 0.1) is 12.7 Å². The Bertz CT molecular complexity index is 362. The zero-order chi connectivity index (χ0) is 14.4. The lowest BCUT2D eigenvalue weighted by molar-refractivity contribution is 0.0245. The molecule has 0 aliphatic carbocycles. The summed E-state index contributed by atoms with van der Waals surface area (Å²) in [5, 5.41) is 10.5. The predicted molar refractivity (Wildman–Crippen MR) is 79.3 cm³/mol. The van der Waals surface area contributed by atoms with Crippen LogP contribution >= 0.6 is 0 Å². The molecule has 0 fully saturated rings. The van der Waals surface area contributed by atoms with Gasteiger partial charge in [0.1, 0.15) is 0 Å². The van der Waals surface area contributed by atoms with E-state index in [1.807, 2.05) is 24.3 Å². The monoisotopic (exact) mass is 265 g/mol. The fourth-order valence-corrected chi connectivity index (χ4v) is 2.35. The molecule has 1 rings (SSSR count). The van der Waals surface area contributed by atoms with Crippen molar-refractivity contribution in [3.8, 4) is 0 Å². The van der Waals surface area contributed by atoms with E-state index in [-0.39, 0.29) is 6.04 Å². The highest BCUT2D eigenvalue weighted by Gasteiger charge is 2.24. The van der Waals surface area contributed by atoms with Gasteiger partial charge in [-0.1, -0.05) is 29.8 Å². The van der Waals surface area contributed by atoms with Crippen LogP contribution in [-0.2, 0) is 4.74 Å². The number of aliphatic hydroxyl groups excluding tert-OH is 1. The van der Waals surface area contributed by atoms with Gasteiger partial charge in [-0.25, -0.2) is 0 Å². The first kappa shape index (κ1) is 16.2. The summed E-state index contributed by atoms with van der Waals surface area (Å²) in [4.78, 5) is 2.27. The van der Waals surface area contributed by atoms with E-state index in [9.17, 15) is 5.11 Å². The van der Waals surface area contributed by atoms with Crippen molar-refractivity contribution in [1.82, 2.24) is 4.90 Å². The SMILES string of the molecule is COCCN(C(C)C)C(C)C(O)c1ccc(C)cc1. The highest BCUT2D eigenvalue weighted by atomic mass is 16.5. The Labute approximate surface area is 117 Å². The van der Waals surface area contributed by atoms with Gasteiger partial charge in [-0.05, 0) is 33.3 Å². The molecule has 3 nitrogen and oxygen atoms in total. The van der Waals surface area contributed by atoms with Crippen LogP contribution in [-0.4, -0.2) is 42.4 Å². The number of aryl methyl sites for hydroxylation is 1. The molecular weight excluding hydrogens is 238 g/mol. The minimum Gasteiger partial charge on any atom is -0.387 e. The molecule has 0 aromatic heterocycles. The lowest BCUT2D eigenvalue weighted by Crippen LogP contribution is -2.44. The maximum Gasteiger partial charge on any atom is 0.0942 e. The summed E-state index contributed by atoms with van der Waals surface area (Å²) >= 11 is 0. The van der Waals surface area contributed by atoms with Crippen molar-refractivity contribution in [3.05, 3.63) is 35.4 Å². The Balaban J connectivity index is 2.77. The highest BCUT2D eigenvalue weighted by molar-refractivity contribution is 5.24. The second-order valence-electron chi connectivity index (χ2n) is 5.42. The van der Waals surface area contributed by atoms with E-state index in [1.165, 1.54) is 5.56 Å². The number of methoxy groups -OCH3 is 1. The van der Waals surface area contributed by atoms with Gasteiger partial charge >= 0.3 is 0 Å². The largest absolute Gasteiger partial charge is 0.387 e. The zero-order valence-electron chi connectivity index (χ0n) is 12.8. The molecule has 0 aliphatic heterocycles. The fraction of sp³-hybridized carbons (Fsp3) is 0.625. The second-order valence-corrected chi connectivity index (χ2v) is 5.42. The van der Waals surface area contributed by atoms with Crippen LogP contribution < -0.4 is 0 Å². The number of rotatable bonds is 7. The molecule has 3 heteroatoms. The molecule has 0 saturated heterocycles. The van der Waals surface area contributed by atoms with E-state index < -0.39 is 6.10 Å². The third-order valence-corrected chi connectivity index (χ3v) is 3.62. The van der Waals surface area contributed by atoms with E-state index in [1.54, 1.807) is 7.11 Å². The normalized spacial score (nSPS) is 14.9. The summed E-state index contributed by atoms with van der Waals surface area (Å²) in [6.07, 6.45) is -0.472. The van der Waals surface area contributed by atoms with Crippen LogP contribution in [0.15, 0.2) is 24.3 Å². The van der Waals surface area contributed by atoms with Crippen molar-refractivity contribution in [2.24, 2.45) is 0 Å². The van der Waals surface area contributed by atoms with Crippen molar-refractivity contribution in [2.75, 3.05) is 20.3 Å². The molecule has 2 unspecified atom stereocenters. The zero-order valence-corrected chi connectivity index (χ0v) is 12.8. The van der Waals surface area contributed by atoms with Gasteiger partial charge in [0.2, 0.25) is 0 Å². The van der Waals surface area contributed by atoms with Gasteiger partial charge in [0.25, 0.3) is 0 Å². The minimum absolute atomic E-state index is 0.0675. The first-order valence-electron chi connectivity index (χ1n) is 6.96. The van der Waals surface area contributed by atoms with Gasteiger partial charge in [-0.2, -0.15) is 0 Å². The molecule has 1 aromatic rings. The molecule has 0 bridgehead atoms. The van der Waals surface area contributed by atoms with Crippen molar-refractivity contribution in [3.63, 3.8) is 0 Å². The number of ether oxygens (including phenoxy) is 1. The molecular formula is C16H27NO2. The molecule has 0 spiro atoms. The van der Waals surface area contributed by atoms with Gasteiger partial charge in [-0.3, -0.25) is 4.90 Å². The Morgan fingerprint density at radius 1 is 1.16 bits per heavy atom. The third-order valence-electron chi connectivity index (χ3n) is 3.62. The Morgan fingerprint density at radius 3 is 2.21 bits per heavy atom. The average molecular weight is 265 g/mol. The van der Waals surface area contributed by atoms with Crippen LogP contribution in [0.2, 0.25) is 0 Å². The number of nitrogens with zero attached hydrogens (tertiary/aromatic N) is 1. The Hall–Kier alpha value is -0.900. The average Bonchev–Trinajstić information content (AvgIpc) is 2.38. The van der Waals surface area contributed by atoms with E-state index >= 15 is 0 Å². The van der Waals surface area contributed by atoms with E-state index in [4.69, 9.17) is 4.74 Å². The molecule has 2 atom stereocenters. The molecule has 0 radical (unpaired) electrons. The van der Waals surface area contributed by atoms with Crippen LogP contribution in [0.4, 0.5) is 0 Å². The summed E-state index contributed by atoms with van der Waals surface area (Å²) in [5.74, 6) is 0. The smallest absolute Gasteiger partial charge is 0.0942 e. The van der Waals surface area contributed by atoms with E-state index in [0.29, 0.717) is 12.6 Å². The molecule has 1 N–H and O–H groups in total. The Kier molecular flexibility index (Phi) is 6.49. The number of hydrogen-bond acceptors (Lipinski definition) is 3. The maximum atomic E-state index is 10.5. The van der Waals surface area contributed by atoms with E-state index in [0.717, 1.165) is 12.1 Å². The third kappa shape index (κ3) is 4.60. The van der Waals surface area contributed by atoms with E-state index in [2.05, 4.69) is 32.6 Å². The van der Waals surface area contributed by atoms with Crippen LogP contribution in [0.3, 0.4) is 0 Å². The van der Waals surface area contributed by atoms with Crippen LogP contribution in [0.1, 0.15) is 38.0 Å². The van der Waals surface area contributed by atoms with Gasteiger partial charge in [-0.15, -0.1) is 0 Å². The van der Waals surface area contributed by atoms with Crippen LogP contribution in [0, 0.1) is 6.92 Å². The summed E-state index contributed by atoms with van der Waals surface area (Å²) in [6.45, 7) is 9.93. The van der Waals surface area contributed by atoms with Crippen molar-refractivity contribution >= 4 is 0 Å². The molecule has 0 saturated carbocycles. The van der Waals surface area contributed by atoms with Crippen molar-refractivity contribution in [2.45, 2.75) is 45.9 Å². The summed E-state index contributed by atoms with van der Waals surface area (Å²) in [7, 11) is 1.71. The molecule has 108 valence electrons. The highest BCUT2D eigenvalue weighted by Crippen LogP contribution is 2.22. The predicted octanol–water partition coefficient (Wildman–Crippen LogP) is 2.77.